The molecule has 202 valence electrons. The van der Waals surface area contributed by atoms with Gasteiger partial charge in [0.05, 0.1) is 53.4 Å². The van der Waals surface area contributed by atoms with Gasteiger partial charge in [0.2, 0.25) is 5.95 Å². The van der Waals surface area contributed by atoms with Gasteiger partial charge >= 0.3 is 0 Å². The Morgan fingerprint density at radius 3 is 2.67 bits per heavy atom. The van der Waals surface area contributed by atoms with Crippen molar-refractivity contribution in [2.24, 2.45) is 0 Å². The lowest BCUT2D eigenvalue weighted by Gasteiger charge is -2.29. The normalized spacial score (nSPS) is 12.8. The number of fused-ring (bicyclic) bond motifs is 2. The number of aromatic amines is 1. The van der Waals surface area contributed by atoms with Crippen LogP contribution in [0.25, 0.3) is 28.1 Å². The Balaban J connectivity index is 1.35. The van der Waals surface area contributed by atoms with Crippen LogP contribution >= 0.6 is 0 Å². The number of nitrogens with zero attached hydrogens (tertiary/aromatic N) is 9. The van der Waals surface area contributed by atoms with E-state index >= 15 is 0 Å². The minimum Gasteiger partial charge on any atom is -0.494 e. The summed E-state index contributed by atoms with van der Waals surface area (Å²) in [7, 11) is 5.20. The molecule has 6 rings (SSSR count). The second kappa shape index (κ2) is 9.84. The average Bonchev–Trinajstić information content (AvgIpc) is 3.62. The lowest BCUT2D eigenvalue weighted by Crippen LogP contribution is -2.41. The van der Waals surface area contributed by atoms with Gasteiger partial charge in [0.1, 0.15) is 17.9 Å². The maximum atomic E-state index is 13.6. The van der Waals surface area contributed by atoms with Crippen LogP contribution < -0.4 is 9.64 Å². The molecule has 1 N–H and O–H groups in total. The van der Waals surface area contributed by atoms with Crippen LogP contribution in [0.5, 0.6) is 5.75 Å². The maximum absolute atomic E-state index is 13.6. The predicted octanol–water partition coefficient (Wildman–Crippen LogP) is 2.15. The Kier molecular flexibility index (Phi) is 6.17. The van der Waals surface area contributed by atoms with Gasteiger partial charge in [-0.2, -0.15) is 5.10 Å². The highest BCUT2D eigenvalue weighted by molar-refractivity contribution is 6.45. The fraction of sp³-hybridized carbons (Fsp3) is 0.259. The summed E-state index contributed by atoms with van der Waals surface area (Å²) in [6, 6.07) is 5.66. The van der Waals surface area contributed by atoms with E-state index in [4.69, 9.17) is 14.7 Å². The van der Waals surface area contributed by atoms with E-state index < -0.39 is 11.7 Å². The van der Waals surface area contributed by atoms with E-state index in [2.05, 4.69) is 25.0 Å². The molecule has 0 aliphatic carbocycles. The minimum atomic E-state index is -0.660. The van der Waals surface area contributed by atoms with Crippen molar-refractivity contribution in [1.29, 1.82) is 0 Å². The fourth-order valence-corrected chi connectivity index (χ4v) is 4.82. The molecular formula is C27H26N10O3. The summed E-state index contributed by atoms with van der Waals surface area (Å²) in [5, 5.41) is 4.77. The molecule has 0 saturated heterocycles. The molecule has 40 heavy (non-hydrogen) atoms. The quantitative estimate of drug-likeness (QED) is 0.252. The molecule has 5 aromatic heterocycles. The number of aryl methyl sites for hydroxylation is 1. The average molecular weight is 539 g/mol. The number of rotatable bonds is 6. The number of nitrogens with one attached hydrogen (secondary N) is 1. The van der Waals surface area contributed by atoms with Crippen LogP contribution in [0, 0.1) is 6.92 Å². The van der Waals surface area contributed by atoms with E-state index in [-0.39, 0.29) is 12.1 Å². The van der Waals surface area contributed by atoms with Crippen molar-refractivity contribution < 1.29 is 14.3 Å². The maximum Gasteiger partial charge on any atom is 0.295 e. The number of ether oxygens (including phenoxy) is 1. The first kappa shape index (κ1) is 25.1. The largest absolute Gasteiger partial charge is 0.494 e. The van der Waals surface area contributed by atoms with Crippen LogP contribution in [-0.2, 0) is 17.8 Å². The molecule has 0 unspecified atom stereocenters. The number of pyridine rings is 2. The van der Waals surface area contributed by atoms with E-state index in [1.807, 2.05) is 32.3 Å². The van der Waals surface area contributed by atoms with Crippen LogP contribution in [0.3, 0.4) is 0 Å². The first-order valence-corrected chi connectivity index (χ1v) is 12.6. The van der Waals surface area contributed by atoms with Gasteiger partial charge in [0, 0.05) is 38.6 Å². The zero-order chi connectivity index (χ0) is 28.0. The number of carbonyl (C=O) groups excluding carboxylic acids is 2. The molecule has 0 radical (unpaired) electrons. The summed E-state index contributed by atoms with van der Waals surface area (Å²) >= 11 is 0. The standard InChI is InChI=1S/C27H26N10O3/c1-15-31-14-37(34-15)25-23-21(20(40-4)12-30-25)17(11-29-23)24(38)26(39)36-10-8-16-19(13-36)32-27(35(2)3)33-22(16)18-7-5-6-9-28-18/h5-7,9,11-12,14,29H,8,10,13H2,1-4H3. The van der Waals surface area contributed by atoms with Gasteiger partial charge in [-0.05, 0) is 25.5 Å². The molecule has 0 aromatic carbocycles. The monoisotopic (exact) mass is 538 g/mol. The minimum absolute atomic E-state index is 0.174. The van der Waals surface area contributed by atoms with Crippen LogP contribution in [0.4, 0.5) is 5.95 Å². The van der Waals surface area contributed by atoms with Crippen molar-refractivity contribution in [3.8, 4) is 23.0 Å². The van der Waals surface area contributed by atoms with Gasteiger partial charge in [-0.1, -0.05) is 6.07 Å². The molecule has 0 spiro atoms. The molecule has 5 aromatic rings. The number of anilines is 1. The number of Topliss-reactive ketones (excluding diaryl/α,β-unsaturated/α-hetero) is 1. The highest BCUT2D eigenvalue weighted by Crippen LogP contribution is 2.33. The highest BCUT2D eigenvalue weighted by atomic mass is 16.5. The summed E-state index contributed by atoms with van der Waals surface area (Å²) in [5.74, 6) is 0.580. The Morgan fingerprint density at radius 2 is 1.98 bits per heavy atom. The van der Waals surface area contributed by atoms with E-state index in [1.165, 1.54) is 35.4 Å². The Morgan fingerprint density at radius 1 is 1.12 bits per heavy atom. The first-order valence-electron chi connectivity index (χ1n) is 12.6. The first-order chi connectivity index (χ1) is 19.4. The SMILES string of the molecule is COc1cnc(-n2cnc(C)n2)c2[nH]cc(C(=O)C(=O)N3CCc4c(nc(N(C)C)nc4-c4ccccn4)C3)c12. The summed E-state index contributed by atoms with van der Waals surface area (Å²) in [6.07, 6.45) is 6.75. The smallest absolute Gasteiger partial charge is 0.295 e. The molecule has 1 aliphatic rings. The Labute approximate surface area is 228 Å². The molecule has 1 amide bonds. The Bertz CT molecular complexity index is 1760. The molecule has 13 heteroatoms. The molecule has 0 bridgehead atoms. The van der Waals surface area contributed by atoms with Crippen molar-refractivity contribution >= 4 is 28.5 Å². The van der Waals surface area contributed by atoms with Gasteiger partial charge in [-0.25, -0.2) is 24.6 Å². The van der Waals surface area contributed by atoms with Crippen molar-refractivity contribution in [1.82, 2.24) is 44.6 Å². The predicted molar refractivity (Wildman–Crippen MR) is 145 cm³/mol. The summed E-state index contributed by atoms with van der Waals surface area (Å²) in [4.78, 5) is 56.1. The topological polar surface area (TPSA) is 148 Å². The van der Waals surface area contributed by atoms with Gasteiger partial charge in [-0.15, -0.1) is 0 Å². The third-order valence-corrected chi connectivity index (χ3v) is 6.78. The molecular weight excluding hydrogens is 512 g/mol. The van der Waals surface area contributed by atoms with E-state index in [0.29, 0.717) is 52.9 Å². The number of ketones is 1. The number of H-pyrrole nitrogens is 1. The summed E-state index contributed by atoms with van der Waals surface area (Å²) < 4.78 is 7.01. The van der Waals surface area contributed by atoms with Crippen molar-refractivity contribution in [2.75, 3.05) is 32.6 Å². The number of hydrogen-bond donors (Lipinski definition) is 1. The zero-order valence-electron chi connectivity index (χ0n) is 22.4. The Hall–Kier alpha value is -5.20. The van der Waals surface area contributed by atoms with Gasteiger partial charge in [0.15, 0.2) is 5.82 Å². The number of hydrogen-bond acceptors (Lipinski definition) is 10. The molecule has 0 saturated carbocycles. The molecule has 13 nitrogen and oxygen atoms in total. The summed E-state index contributed by atoms with van der Waals surface area (Å²) in [5.41, 5.74) is 3.78. The van der Waals surface area contributed by atoms with Gasteiger partial charge in [-0.3, -0.25) is 14.6 Å². The van der Waals surface area contributed by atoms with Crippen LogP contribution in [0.2, 0.25) is 0 Å². The van der Waals surface area contributed by atoms with E-state index in [1.54, 1.807) is 18.0 Å². The van der Waals surface area contributed by atoms with Gasteiger partial charge < -0.3 is 19.5 Å². The van der Waals surface area contributed by atoms with Crippen molar-refractivity contribution in [3.05, 3.63) is 65.8 Å². The van der Waals surface area contributed by atoms with Gasteiger partial charge in [0.25, 0.3) is 11.7 Å². The highest BCUT2D eigenvalue weighted by Gasteiger charge is 2.32. The molecule has 6 heterocycles. The number of amides is 1. The third kappa shape index (κ3) is 4.21. The zero-order valence-corrected chi connectivity index (χ0v) is 22.4. The lowest BCUT2D eigenvalue weighted by atomic mass is 9.99. The van der Waals surface area contributed by atoms with Crippen molar-refractivity contribution in [3.63, 3.8) is 0 Å². The van der Waals surface area contributed by atoms with Crippen LogP contribution in [-0.4, -0.2) is 84.0 Å². The molecule has 1 aliphatic heterocycles. The molecule has 0 fully saturated rings. The number of carbonyl (C=O) groups is 2. The number of aromatic nitrogens is 8. The second-order valence-electron chi connectivity index (χ2n) is 9.55. The van der Waals surface area contributed by atoms with Crippen molar-refractivity contribution in [2.45, 2.75) is 19.9 Å². The summed E-state index contributed by atoms with van der Waals surface area (Å²) in [6.45, 7) is 2.28. The van der Waals surface area contributed by atoms with Crippen LogP contribution in [0.1, 0.15) is 27.4 Å². The van der Waals surface area contributed by atoms with Crippen LogP contribution in [0.15, 0.2) is 43.1 Å². The van der Waals surface area contributed by atoms with E-state index in [9.17, 15) is 9.59 Å². The number of methoxy groups -OCH3 is 1. The second-order valence-corrected chi connectivity index (χ2v) is 9.55. The fourth-order valence-electron chi connectivity index (χ4n) is 4.82. The van der Waals surface area contributed by atoms with E-state index in [0.717, 1.165) is 17.0 Å². The molecule has 0 atom stereocenters. The lowest BCUT2D eigenvalue weighted by molar-refractivity contribution is -0.127. The third-order valence-electron chi connectivity index (χ3n) is 6.78.